The fourth-order valence-corrected chi connectivity index (χ4v) is 3.68. The van der Waals surface area contributed by atoms with E-state index in [9.17, 15) is 9.59 Å². The first kappa shape index (κ1) is 18.9. The van der Waals surface area contributed by atoms with E-state index in [1.165, 1.54) is 0 Å². The zero-order chi connectivity index (χ0) is 20.4. The van der Waals surface area contributed by atoms with Gasteiger partial charge in [-0.05, 0) is 67.3 Å². The summed E-state index contributed by atoms with van der Waals surface area (Å²) in [4.78, 5) is 29.5. The molecule has 0 spiro atoms. The van der Waals surface area contributed by atoms with Crippen LogP contribution in [0.25, 0.3) is 0 Å². The number of hydrogen-bond acceptors (Lipinski definition) is 3. The molecule has 0 bridgehead atoms. The van der Waals surface area contributed by atoms with Crippen molar-refractivity contribution in [1.82, 2.24) is 4.98 Å². The van der Waals surface area contributed by atoms with Crippen LogP contribution in [0.5, 0.6) is 0 Å². The van der Waals surface area contributed by atoms with Crippen molar-refractivity contribution in [3.05, 3.63) is 89.7 Å². The molecule has 0 saturated carbocycles. The molecule has 2 N–H and O–H groups in total. The predicted octanol–water partition coefficient (Wildman–Crippen LogP) is 4.28. The van der Waals surface area contributed by atoms with Crippen molar-refractivity contribution in [3.63, 3.8) is 0 Å². The Labute approximate surface area is 170 Å². The van der Waals surface area contributed by atoms with E-state index in [4.69, 9.17) is 0 Å². The fraction of sp³-hybridized carbons (Fsp3) is 0.208. The van der Waals surface area contributed by atoms with Gasteiger partial charge in [-0.15, -0.1) is 0 Å². The van der Waals surface area contributed by atoms with Crippen LogP contribution >= 0.6 is 0 Å². The maximum Gasteiger partial charge on any atom is 0.234 e. The second-order valence-electron chi connectivity index (χ2n) is 7.85. The summed E-state index contributed by atoms with van der Waals surface area (Å²) in [7, 11) is 0. The number of aromatic nitrogens is 1. The largest absolute Gasteiger partial charge is 0.326 e. The highest BCUT2D eigenvalue weighted by Gasteiger charge is 2.38. The predicted molar refractivity (Wildman–Crippen MR) is 114 cm³/mol. The van der Waals surface area contributed by atoms with Gasteiger partial charge in [0.25, 0.3) is 0 Å². The number of anilines is 2. The van der Waals surface area contributed by atoms with Gasteiger partial charge in [-0.3, -0.25) is 14.6 Å². The fourth-order valence-electron chi connectivity index (χ4n) is 3.68. The zero-order valence-electron chi connectivity index (χ0n) is 16.5. The quantitative estimate of drug-likeness (QED) is 0.689. The van der Waals surface area contributed by atoms with E-state index < -0.39 is 5.41 Å². The number of rotatable bonds is 5. The number of amides is 2. The zero-order valence-corrected chi connectivity index (χ0v) is 16.5. The van der Waals surface area contributed by atoms with Crippen LogP contribution in [0.4, 0.5) is 11.4 Å². The van der Waals surface area contributed by atoms with Crippen LogP contribution in [-0.2, 0) is 21.4 Å². The summed E-state index contributed by atoms with van der Waals surface area (Å²) in [6.07, 6.45) is 4.05. The average Bonchev–Trinajstić information content (AvgIpc) is 2.96. The highest BCUT2D eigenvalue weighted by molar-refractivity contribution is 6.06. The van der Waals surface area contributed by atoms with Crippen LogP contribution in [0.1, 0.15) is 36.5 Å². The Morgan fingerprint density at radius 3 is 2.52 bits per heavy atom. The number of carbonyl (C=O) groups is 2. The minimum Gasteiger partial charge on any atom is -0.326 e. The maximum atomic E-state index is 13.2. The van der Waals surface area contributed by atoms with Crippen LogP contribution in [0.2, 0.25) is 0 Å². The Bertz CT molecular complexity index is 1050. The molecule has 4 rings (SSSR count). The molecule has 146 valence electrons. The summed E-state index contributed by atoms with van der Waals surface area (Å²) < 4.78 is 0. The molecule has 0 fully saturated rings. The van der Waals surface area contributed by atoms with E-state index in [1.807, 2.05) is 74.5 Å². The first-order chi connectivity index (χ1) is 13.9. The number of carbonyl (C=O) groups excluding carboxylic acids is 2. The Kier molecular flexibility index (Phi) is 4.89. The Hall–Kier alpha value is -3.47. The van der Waals surface area contributed by atoms with Crippen LogP contribution in [0.15, 0.2) is 73.1 Å². The molecule has 0 radical (unpaired) electrons. The molecule has 0 saturated heterocycles. The number of nitrogens with zero attached hydrogens (tertiary/aromatic N) is 1. The standard InChI is InChI=1S/C24H23N3O2/c1-24(2)20-15-18(8-9-21(20)27-23(24)29)26-22(28)19(17-6-4-3-5-7-17)14-16-10-12-25-13-11-16/h3-13,15,19H,14H2,1-2H3,(H,26,28)(H,27,29). The SMILES string of the molecule is CC1(C)C(=O)Nc2ccc(NC(=O)C(Cc3ccncc3)c3ccccc3)cc21. The summed E-state index contributed by atoms with van der Waals surface area (Å²) in [5.74, 6) is -0.446. The van der Waals surface area contributed by atoms with E-state index in [0.29, 0.717) is 12.1 Å². The van der Waals surface area contributed by atoms with Gasteiger partial charge in [0.2, 0.25) is 11.8 Å². The number of hydrogen-bond donors (Lipinski definition) is 2. The van der Waals surface area contributed by atoms with E-state index in [2.05, 4.69) is 15.6 Å². The van der Waals surface area contributed by atoms with E-state index in [1.54, 1.807) is 12.4 Å². The van der Waals surface area contributed by atoms with Gasteiger partial charge in [0.1, 0.15) is 0 Å². The molecule has 2 amide bonds. The minimum absolute atomic E-state index is 0.0316. The van der Waals surface area contributed by atoms with Gasteiger partial charge in [0.05, 0.1) is 11.3 Å². The van der Waals surface area contributed by atoms with Crippen molar-refractivity contribution in [2.75, 3.05) is 10.6 Å². The maximum absolute atomic E-state index is 13.2. The van der Waals surface area contributed by atoms with Gasteiger partial charge in [0, 0.05) is 23.8 Å². The molecule has 0 aliphatic carbocycles. The summed E-state index contributed by atoms with van der Waals surface area (Å²) in [5, 5.41) is 5.94. The second kappa shape index (κ2) is 7.51. The number of fused-ring (bicyclic) bond motifs is 1. The van der Waals surface area contributed by atoms with Gasteiger partial charge < -0.3 is 10.6 Å². The molecule has 1 aliphatic heterocycles. The monoisotopic (exact) mass is 385 g/mol. The van der Waals surface area contributed by atoms with Gasteiger partial charge >= 0.3 is 0 Å². The molecule has 1 atom stereocenters. The molecule has 5 heteroatoms. The van der Waals surface area contributed by atoms with Crippen molar-refractivity contribution in [2.24, 2.45) is 0 Å². The highest BCUT2D eigenvalue weighted by Crippen LogP contribution is 2.38. The Morgan fingerprint density at radius 1 is 1.07 bits per heavy atom. The van der Waals surface area contributed by atoms with E-state index >= 15 is 0 Å². The summed E-state index contributed by atoms with van der Waals surface area (Å²) >= 11 is 0. The van der Waals surface area contributed by atoms with Crippen molar-refractivity contribution in [1.29, 1.82) is 0 Å². The lowest BCUT2D eigenvalue weighted by atomic mass is 9.86. The van der Waals surface area contributed by atoms with E-state index in [0.717, 1.165) is 22.4 Å². The van der Waals surface area contributed by atoms with Crippen molar-refractivity contribution in [3.8, 4) is 0 Å². The molecule has 5 nitrogen and oxygen atoms in total. The third kappa shape index (κ3) is 3.76. The van der Waals surface area contributed by atoms with Gasteiger partial charge in [-0.2, -0.15) is 0 Å². The highest BCUT2D eigenvalue weighted by atomic mass is 16.2. The second-order valence-corrected chi connectivity index (χ2v) is 7.85. The molecule has 3 aromatic rings. The Balaban J connectivity index is 1.61. The lowest BCUT2D eigenvalue weighted by molar-refractivity contribution is -0.119. The topological polar surface area (TPSA) is 71.1 Å². The normalized spacial score (nSPS) is 15.3. The lowest BCUT2D eigenvalue weighted by Crippen LogP contribution is -2.27. The third-order valence-electron chi connectivity index (χ3n) is 5.48. The van der Waals surface area contributed by atoms with Gasteiger partial charge in [0.15, 0.2) is 0 Å². The van der Waals surface area contributed by atoms with Gasteiger partial charge in [-0.1, -0.05) is 30.3 Å². The van der Waals surface area contributed by atoms with Crippen molar-refractivity contribution >= 4 is 23.2 Å². The molecule has 1 aliphatic rings. The van der Waals surface area contributed by atoms with Crippen LogP contribution < -0.4 is 10.6 Å². The van der Waals surface area contributed by atoms with Crippen LogP contribution in [-0.4, -0.2) is 16.8 Å². The first-order valence-electron chi connectivity index (χ1n) is 9.66. The minimum atomic E-state index is -0.619. The summed E-state index contributed by atoms with van der Waals surface area (Å²) in [5.41, 5.74) is 3.77. The van der Waals surface area contributed by atoms with Crippen LogP contribution in [0, 0.1) is 0 Å². The lowest BCUT2D eigenvalue weighted by Gasteiger charge is -2.19. The van der Waals surface area contributed by atoms with Crippen molar-refractivity contribution in [2.45, 2.75) is 31.6 Å². The third-order valence-corrected chi connectivity index (χ3v) is 5.48. The first-order valence-corrected chi connectivity index (χ1v) is 9.66. The number of pyridine rings is 1. The summed E-state index contributed by atoms with van der Waals surface area (Å²) in [6.45, 7) is 3.77. The summed E-state index contributed by atoms with van der Waals surface area (Å²) in [6, 6.07) is 19.2. The average molecular weight is 385 g/mol. The number of benzene rings is 2. The van der Waals surface area contributed by atoms with Gasteiger partial charge in [-0.25, -0.2) is 0 Å². The molecule has 1 aromatic heterocycles. The van der Waals surface area contributed by atoms with E-state index in [-0.39, 0.29) is 17.7 Å². The van der Waals surface area contributed by atoms with Crippen molar-refractivity contribution < 1.29 is 9.59 Å². The smallest absolute Gasteiger partial charge is 0.234 e. The molecule has 1 unspecified atom stereocenters. The molecule has 2 heterocycles. The molecular formula is C24H23N3O2. The Morgan fingerprint density at radius 2 is 1.79 bits per heavy atom. The van der Waals surface area contributed by atoms with Crippen LogP contribution in [0.3, 0.4) is 0 Å². The molecule has 29 heavy (non-hydrogen) atoms. The number of nitrogens with one attached hydrogen (secondary N) is 2. The molecular weight excluding hydrogens is 362 g/mol. The molecule has 2 aromatic carbocycles.